The molecular weight excluding hydrogens is 340 g/mol. The summed E-state index contributed by atoms with van der Waals surface area (Å²) in [7, 11) is 0. The van der Waals surface area contributed by atoms with E-state index in [1.54, 1.807) is 23.1 Å². The van der Waals surface area contributed by atoms with Crippen molar-refractivity contribution in [1.29, 1.82) is 0 Å². The molecule has 0 bridgehead atoms. The molecule has 0 radical (unpaired) electrons. The minimum absolute atomic E-state index is 0.386. The first kappa shape index (κ1) is 17.3. The average Bonchev–Trinajstić information content (AvgIpc) is 3.10. The van der Waals surface area contributed by atoms with Crippen LogP contribution in [0.5, 0.6) is 0 Å². The van der Waals surface area contributed by atoms with Crippen LogP contribution in [0.3, 0.4) is 0 Å². The monoisotopic (exact) mass is 362 g/mol. The van der Waals surface area contributed by atoms with E-state index in [0.717, 1.165) is 45.0 Å². The smallest absolute Gasteiger partial charge is 0.197 e. The lowest BCUT2D eigenvalue weighted by molar-refractivity contribution is 0.642. The zero-order valence-electron chi connectivity index (χ0n) is 14.4. The zero-order valence-corrected chi connectivity index (χ0v) is 16.0. The summed E-state index contributed by atoms with van der Waals surface area (Å²) < 4.78 is 2.04. The first-order valence-corrected chi connectivity index (χ1v) is 9.77. The Hall–Kier alpha value is -1.51. The molecule has 128 valence electrons. The molecule has 2 N–H and O–H groups in total. The van der Waals surface area contributed by atoms with Crippen molar-refractivity contribution in [1.82, 2.24) is 24.7 Å². The van der Waals surface area contributed by atoms with E-state index in [1.165, 1.54) is 5.56 Å². The van der Waals surface area contributed by atoms with Crippen LogP contribution in [0.4, 0.5) is 0 Å². The van der Waals surface area contributed by atoms with Gasteiger partial charge in [-0.1, -0.05) is 13.8 Å². The predicted molar refractivity (Wildman–Crippen MR) is 98.4 cm³/mol. The molecule has 6 nitrogen and oxygen atoms in total. The van der Waals surface area contributed by atoms with Gasteiger partial charge < -0.3 is 10.3 Å². The van der Waals surface area contributed by atoms with E-state index < -0.39 is 0 Å². The van der Waals surface area contributed by atoms with Crippen LogP contribution < -0.4 is 5.73 Å². The number of rotatable bonds is 6. The Bertz CT molecular complexity index is 852. The van der Waals surface area contributed by atoms with Gasteiger partial charge in [0.15, 0.2) is 5.16 Å². The summed E-state index contributed by atoms with van der Waals surface area (Å²) in [5, 5.41) is 13.6. The molecule has 3 heterocycles. The fourth-order valence-electron chi connectivity index (χ4n) is 2.68. The highest BCUT2D eigenvalue weighted by Gasteiger charge is 2.18. The summed E-state index contributed by atoms with van der Waals surface area (Å²) in [6.07, 6.45) is 1.02. The van der Waals surface area contributed by atoms with Gasteiger partial charge in [0.25, 0.3) is 0 Å². The van der Waals surface area contributed by atoms with E-state index in [0.29, 0.717) is 12.5 Å². The third-order valence-electron chi connectivity index (χ3n) is 3.70. The van der Waals surface area contributed by atoms with Crippen LogP contribution in [0.25, 0.3) is 10.2 Å². The van der Waals surface area contributed by atoms with Crippen molar-refractivity contribution in [3.63, 3.8) is 0 Å². The molecule has 0 aliphatic carbocycles. The van der Waals surface area contributed by atoms with Gasteiger partial charge in [-0.3, -0.25) is 0 Å². The molecule has 0 saturated heterocycles. The van der Waals surface area contributed by atoms with Gasteiger partial charge in [0, 0.05) is 11.9 Å². The highest BCUT2D eigenvalue weighted by atomic mass is 32.2. The molecule has 0 atom stereocenters. The summed E-state index contributed by atoms with van der Waals surface area (Å²) in [6, 6.07) is 0. The third kappa shape index (κ3) is 3.31. The minimum atomic E-state index is 0.386. The van der Waals surface area contributed by atoms with Gasteiger partial charge >= 0.3 is 0 Å². The van der Waals surface area contributed by atoms with Gasteiger partial charge in [0.1, 0.15) is 21.5 Å². The van der Waals surface area contributed by atoms with Gasteiger partial charge in [-0.05, 0) is 48.9 Å². The van der Waals surface area contributed by atoms with E-state index in [2.05, 4.69) is 41.3 Å². The van der Waals surface area contributed by atoms with E-state index in [-0.39, 0.29) is 0 Å². The molecule has 0 aliphatic rings. The molecule has 0 saturated carbocycles. The summed E-state index contributed by atoms with van der Waals surface area (Å²) >= 11 is 3.24. The molecule has 0 fully saturated rings. The first-order valence-electron chi connectivity index (χ1n) is 8.08. The van der Waals surface area contributed by atoms with Crippen molar-refractivity contribution < 1.29 is 0 Å². The Morgan fingerprint density at radius 3 is 2.75 bits per heavy atom. The molecule has 3 rings (SSSR count). The lowest BCUT2D eigenvalue weighted by Crippen LogP contribution is -2.08. The fourth-order valence-corrected chi connectivity index (χ4v) is 4.85. The number of nitrogens with two attached hydrogens (primary N) is 1. The standard InChI is InChI=1S/C16H22N6S2/c1-5-22-12(7-17)20-21-16(22)24-15-13-11(6-9(2)3)8-23-14(13)18-10(4)19-15/h8-9H,5-7,17H2,1-4H3. The number of thiophene rings is 1. The van der Waals surface area contributed by atoms with Gasteiger partial charge in [0.2, 0.25) is 0 Å². The largest absolute Gasteiger partial charge is 0.324 e. The molecule has 3 aromatic heterocycles. The van der Waals surface area contributed by atoms with E-state index >= 15 is 0 Å². The summed E-state index contributed by atoms with van der Waals surface area (Å²) in [6.45, 7) is 9.64. The van der Waals surface area contributed by atoms with Crippen molar-refractivity contribution in [3.8, 4) is 0 Å². The van der Waals surface area contributed by atoms with Gasteiger partial charge in [-0.25, -0.2) is 9.97 Å². The van der Waals surface area contributed by atoms with Crippen LogP contribution in [0.1, 0.15) is 38.0 Å². The van der Waals surface area contributed by atoms with Crippen LogP contribution in [0.15, 0.2) is 15.6 Å². The van der Waals surface area contributed by atoms with E-state index in [9.17, 15) is 0 Å². The topological polar surface area (TPSA) is 82.5 Å². The SMILES string of the molecule is CCn1c(CN)nnc1Sc1nc(C)nc2scc(CC(C)C)c12. The molecule has 24 heavy (non-hydrogen) atoms. The zero-order chi connectivity index (χ0) is 17.3. The number of hydrogen-bond donors (Lipinski definition) is 1. The molecule has 0 unspecified atom stereocenters. The van der Waals surface area contributed by atoms with Crippen LogP contribution in [-0.4, -0.2) is 24.7 Å². The van der Waals surface area contributed by atoms with Crippen LogP contribution >= 0.6 is 23.1 Å². The summed E-state index contributed by atoms with van der Waals surface area (Å²) in [4.78, 5) is 10.3. The number of aryl methyl sites for hydroxylation is 1. The maximum atomic E-state index is 5.75. The van der Waals surface area contributed by atoms with E-state index in [4.69, 9.17) is 10.7 Å². The number of aromatic nitrogens is 5. The van der Waals surface area contributed by atoms with Crippen molar-refractivity contribution >= 4 is 33.3 Å². The molecule has 0 aromatic carbocycles. The van der Waals surface area contributed by atoms with Gasteiger partial charge in [-0.15, -0.1) is 21.5 Å². The van der Waals surface area contributed by atoms with Gasteiger partial charge in [0.05, 0.1) is 6.54 Å². The lowest BCUT2D eigenvalue weighted by atomic mass is 10.0. The molecule has 3 aromatic rings. The Morgan fingerprint density at radius 2 is 2.08 bits per heavy atom. The minimum Gasteiger partial charge on any atom is -0.324 e. The van der Waals surface area contributed by atoms with E-state index in [1.807, 2.05) is 11.5 Å². The van der Waals surface area contributed by atoms with Crippen LogP contribution in [-0.2, 0) is 19.5 Å². The fraction of sp³-hybridized carbons (Fsp3) is 0.500. The maximum absolute atomic E-state index is 5.75. The quantitative estimate of drug-likeness (QED) is 0.677. The van der Waals surface area contributed by atoms with Crippen LogP contribution in [0, 0.1) is 12.8 Å². The predicted octanol–water partition coefficient (Wildman–Crippen LogP) is 3.42. The maximum Gasteiger partial charge on any atom is 0.197 e. The molecule has 0 amide bonds. The second-order valence-electron chi connectivity index (χ2n) is 6.06. The Morgan fingerprint density at radius 1 is 1.29 bits per heavy atom. The normalized spacial score (nSPS) is 11.8. The molecular formula is C16H22N6S2. The lowest BCUT2D eigenvalue weighted by Gasteiger charge is -2.09. The third-order valence-corrected chi connectivity index (χ3v) is 5.59. The van der Waals surface area contributed by atoms with Crippen molar-refractivity contribution in [2.45, 2.75) is 57.4 Å². The number of fused-ring (bicyclic) bond motifs is 1. The number of nitrogens with zero attached hydrogens (tertiary/aromatic N) is 5. The second kappa shape index (κ2) is 7.16. The Labute approximate surface area is 149 Å². The number of hydrogen-bond acceptors (Lipinski definition) is 7. The van der Waals surface area contributed by atoms with Crippen molar-refractivity contribution in [2.75, 3.05) is 0 Å². The molecule has 8 heteroatoms. The Balaban J connectivity index is 2.08. The summed E-state index contributed by atoms with van der Waals surface area (Å²) in [5.41, 5.74) is 7.07. The van der Waals surface area contributed by atoms with Crippen molar-refractivity contribution in [3.05, 3.63) is 22.6 Å². The van der Waals surface area contributed by atoms with Gasteiger partial charge in [-0.2, -0.15) is 0 Å². The highest BCUT2D eigenvalue weighted by Crippen LogP contribution is 2.36. The second-order valence-corrected chi connectivity index (χ2v) is 7.88. The average molecular weight is 363 g/mol. The first-order chi connectivity index (χ1) is 11.5. The molecule has 0 aliphatic heterocycles. The highest BCUT2D eigenvalue weighted by molar-refractivity contribution is 7.99. The Kier molecular flexibility index (Phi) is 5.17. The van der Waals surface area contributed by atoms with Crippen molar-refractivity contribution in [2.24, 2.45) is 11.7 Å². The van der Waals surface area contributed by atoms with Crippen LogP contribution in [0.2, 0.25) is 0 Å². The molecule has 0 spiro atoms. The summed E-state index contributed by atoms with van der Waals surface area (Å²) in [5.74, 6) is 2.17.